The van der Waals surface area contributed by atoms with E-state index in [0.717, 1.165) is 21.7 Å². The first-order valence-electron chi connectivity index (χ1n) is 8.31. The fraction of sp³-hybridized carbons (Fsp3) is 0.136. The number of rotatable bonds is 5. The van der Waals surface area contributed by atoms with Crippen LogP contribution in [0.5, 0.6) is 0 Å². The molecule has 0 fully saturated rings. The van der Waals surface area contributed by atoms with E-state index in [4.69, 9.17) is 0 Å². The zero-order valence-corrected chi connectivity index (χ0v) is 15.4. The molecule has 0 bridgehead atoms. The number of ketones is 1. The van der Waals surface area contributed by atoms with Crippen molar-refractivity contribution in [2.45, 2.75) is 13.8 Å². The summed E-state index contributed by atoms with van der Waals surface area (Å²) in [5.41, 5.74) is 2.71. The third-order valence-electron chi connectivity index (χ3n) is 4.26. The van der Waals surface area contributed by atoms with Crippen LogP contribution in [0.3, 0.4) is 0 Å². The number of Topliss-reactive ketones (excluding diaryl/α,β-unsaturated/α-hetero) is 1. The maximum atomic E-state index is 13.9. The Bertz CT molecular complexity index is 867. The first kappa shape index (κ1) is 17.4. The van der Waals surface area contributed by atoms with Gasteiger partial charge in [-0.3, -0.25) is 4.79 Å². The largest absolute Gasteiger partial charge is 0.313 e. The molecule has 3 rings (SSSR count). The Morgan fingerprint density at radius 1 is 0.760 bits per heavy atom. The molecule has 0 radical (unpaired) electrons. The van der Waals surface area contributed by atoms with Crippen LogP contribution < -0.4 is 10.6 Å². The summed E-state index contributed by atoms with van der Waals surface area (Å²) >= 11 is 0. The van der Waals surface area contributed by atoms with Gasteiger partial charge in [0.05, 0.1) is 6.16 Å². The van der Waals surface area contributed by atoms with Crippen molar-refractivity contribution < 1.29 is 9.36 Å². The molecular formula is C22H21O2P. The molecule has 0 saturated heterocycles. The van der Waals surface area contributed by atoms with Crippen molar-refractivity contribution >= 4 is 23.5 Å². The SMILES string of the molecule is Cc1cc(C)cc(C(=O)CP(=O)(c2ccccc2)c2ccccc2)c1. The van der Waals surface area contributed by atoms with Gasteiger partial charge in [-0.15, -0.1) is 0 Å². The van der Waals surface area contributed by atoms with Crippen molar-refractivity contribution in [3.63, 3.8) is 0 Å². The summed E-state index contributed by atoms with van der Waals surface area (Å²) in [7, 11) is -3.03. The number of aryl methyl sites for hydroxylation is 2. The van der Waals surface area contributed by atoms with Crippen LogP contribution in [0.2, 0.25) is 0 Å². The smallest absolute Gasteiger partial charge is 0.170 e. The number of carbonyl (C=O) groups is 1. The Kier molecular flexibility index (Phi) is 5.01. The second-order valence-corrected chi connectivity index (χ2v) is 9.20. The highest BCUT2D eigenvalue weighted by Crippen LogP contribution is 2.43. The van der Waals surface area contributed by atoms with Crippen LogP contribution in [-0.2, 0) is 4.57 Å². The van der Waals surface area contributed by atoms with Gasteiger partial charge < -0.3 is 4.57 Å². The van der Waals surface area contributed by atoms with Crippen molar-refractivity contribution in [3.8, 4) is 0 Å². The van der Waals surface area contributed by atoms with Crippen molar-refractivity contribution in [3.05, 3.63) is 95.6 Å². The van der Waals surface area contributed by atoms with Gasteiger partial charge in [-0.2, -0.15) is 0 Å². The third-order valence-corrected chi connectivity index (χ3v) is 7.25. The number of hydrogen-bond acceptors (Lipinski definition) is 2. The van der Waals surface area contributed by atoms with Gasteiger partial charge in [-0.25, -0.2) is 0 Å². The predicted molar refractivity (Wildman–Crippen MR) is 105 cm³/mol. The molecule has 25 heavy (non-hydrogen) atoms. The first-order valence-corrected chi connectivity index (χ1v) is 10.2. The molecule has 3 heteroatoms. The van der Waals surface area contributed by atoms with Gasteiger partial charge >= 0.3 is 0 Å². The highest BCUT2D eigenvalue weighted by Gasteiger charge is 2.30. The van der Waals surface area contributed by atoms with Crippen LogP contribution in [0.25, 0.3) is 0 Å². The molecule has 0 atom stereocenters. The monoisotopic (exact) mass is 348 g/mol. The first-order chi connectivity index (χ1) is 12.0. The fourth-order valence-corrected chi connectivity index (χ4v) is 5.66. The summed E-state index contributed by atoms with van der Waals surface area (Å²) in [5, 5.41) is 1.44. The lowest BCUT2D eigenvalue weighted by molar-refractivity contribution is 0.102. The van der Waals surface area contributed by atoms with Gasteiger partial charge in [-0.1, -0.05) is 77.9 Å². The molecule has 0 heterocycles. The van der Waals surface area contributed by atoms with Crippen molar-refractivity contribution in [2.24, 2.45) is 0 Å². The fourth-order valence-electron chi connectivity index (χ4n) is 3.10. The summed E-state index contributed by atoms with van der Waals surface area (Å²) in [6.45, 7) is 3.94. The Balaban J connectivity index is 2.04. The molecule has 0 aliphatic rings. The van der Waals surface area contributed by atoms with Gasteiger partial charge in [-0.05, 0) is 26.0 Å². The van der Waals surface area contributed by atoms with Gasteiger partial charge in [0.2, 0.25) is 0 Å². The lowest BCUT2D eigenvalue weighted by Crippen LogP contribution is -2.22. The molecule has 0 aromatic heterocycles. The normalized spacial score (nSPS) is 11.3. The van der Waals surface area contributed by atoms with Gasteiger partial charge in [0, 0.05) is 16.2 Å². The standard InChI is InChI=1S/C22H21O2P/c1-17-13-18(2)15-19(14-17)22(23)16-25(24,20-9-5-3-6-10-20)21-11-7-4-8-12-21/h3-15H,16H2,1-2H3. The van der Waals surface area contributed by atoms with E-state index in [1.54, 1.807) is 0 Å². The number of hydrogen-bond donors (Lipinski definition) is 0. The molecule has 3 aromatic carbocycles. The quantitative estimate of drug-likeness (QED) is 0.502. The van der Waals surface area contributed by atoms with Gasteiger partial charge in [0.15, 0.2) is 12.9 Å². The second kappa shape index (κ2) is 7.21. The number of carbonyl (C=O) groups excluding carboxylic acids is 1. The Morgan fingerprint density at radius 3 is 1.64 bits per heavy atom. The molecule has 0 aliphatic heterocycles. The Morgan fingerprint density at radius 2 is 1.20 bits per heavy atom. The molecule has 0 aliphatic carbocycles. The van der Waals surface area contributed by atoms with E-state index in [-0.39, 0.29) is 11.9 Å². The molecule has 0 spiro atoms. The van der Waals surface area contributed by atoms with Crippen molar-refractivity contribution in [1.29, 1.82) is 0 Å². The lowest BCUT2D eigenvalue weighted by atomic mass is 10.1. The maximum absolute atomic E-state index is 13.9. The molecule has 2 nitrogen and oxygen atoms in total. The average Bonchev–Trinajstić information content (AvgIpc) is 2.62. The van der Waals surface area contributed by atoms with E-state index in [1.807, 2.05) is 92.7 Å². The van der Waals surface area contributed by atoms with Crippen LogP contribution in [0, 0.1) is 13.8 Å². The molecule has 3 aromatic rings. The molecular weight excluding hydrogens is 327 g/mol. The molecule has 0 amide bonds. The van der Waals surface area contributed by atoms with Gasteiger partial charge in [0.1, 0.15) is 0 Å². The minimum atomic E-state index is -3.03. The summed E-state index contributed by atoms with van der Waals surface area (Å²) in [4.78, 5) is 12.9. The van der Waals surface area contributed by atoms with Crippen LogP contribution in [0.15, 0.2) is 78.9 Å². The predicted octanol–water partition coefficient (Wildman–Crippen LogP) is 4.50. The summed E-state index contributed by atoms with van der Waals surface area (Å²) in [6, 6.07) is 24.4. The minimum absolute atomic E-state index is 0.00389. The number of benzene rings is 3. The molecule has 0 unspecified atom stereocenters. The van der Waals surface area contributed by atoms with Crippen molar-refractivity contribution in [1.82, 2.24) is 0 Å². The zero-order chi connectivity index (χ0) is 17.9. The lowest BCUT2D eigenvalue weighted by Gasteiger charge is -2.19. The van der Waals surface area contributed by atoms with Crippen molar-refractivity contribution in [2.75, 3.05) is 6.16 Å². The molecule has 0 saturated carbocycles. The molecule has 126 valence electrons. The van der Waals surface area contributed by atoms with E-state index in [1.165, 1.54) is 0 Å². The van der Waals surface area contributed by atoms with E-state index in [9.17, 15) is 9.36 Å². The average molecular weight is 348 g/mol. The van der Waals surface area contributed by atoms with Crippen LogP contribution in [0.1, 0.15) is 21.5 Å². The summed E-state index contributed by atoms with van der Waals surface area (Å²) in [5.74, 6) is -0.0807. The summed E-state index contributed by atoms with van der Waals surface area (Å²) in [6.07, 6.45) is 0.00389. The minimum Gasteiger partial charge on any atom is -0.313 e. The maximum Gasteiger partial charge on any atom is 0.170 e. The Hall–Kier alpha value is -2.44. The topological polar surface area (TPSA) is 34.1 Å². The van der Waals surface area contributed by atoms with E-state index < -0.39 is 7.14 Å². The Labute approximate surface area is 148 Å². The van der Waals surface area contributed by atoms with E-state index in [2.05, 4.69) is 0 Å². The van der Waals surface area contributed by atoms with Gasteiger partial charge in [0.25, 0.3) is 0 Å². The highest BCUT2D eigenvalue weighted by atomic mass is 31.2. The van der Waals surface area contributed by atoms with E-state index >= 15 is 0 Å². The van der Waals surface area contributed by atoms with Crippen LogP contribution in [0.4, 0.5) is 0 Å². The second-order valence-electron chi connectivity index (χ2n) is 6.37. The summed E-state index contributed by atoms with van der Waals surface area (Å²) < 4.78 is 13.9. The zero-order valence-electron chi connectivity index (χ0n) is 14.5. The molecule has 0 N–H and O–H groups in total. The highest BCUT2D eigenvalue weighted by molar-refractivity contribution is 7.79. The van der Waals surface area contributed by atoms with Crippen LogP contribution in [-0.4, -0.2) is 11.9 Å². The van der Waals surface area contributed by atoms with E-state index in [0.29, 0.717) is 5.56 Å². The third kappa shape index (κ3) is 3.81. The van der Waals surface area contributed by atoms with Crippen LogP contribution >= 0.6 is 7.14 Å².